The van der Waals surface area contributed by atoms with Gasteiger partial charge in [-0.1, -0.05) is 45.4 Å². The van der Waals surface area contributed by atoms with E-state index in [0.29, 0.717) is 11.8 Å². The molecule has 21 heavy (non-hydrogen) atoms. The Bertz CT molecular complexity index is 479. The fraction of sp³-hybridized carbons (Fsp3) is 0.800. The highest BCUT2D eigenvalue weighted by Gasteiger charge is 2.26. The summed E-state index contributed by atoms with van der Waals surface area (Å²) in [5.74, 6) is 2.06. The van der Waals surface area contributed by atoms with Crippen molar-refractivity contribution in [1.82, 2.24) is 14.8 Å². The van der Waals surface area contributed by atoms with E-state index in [1.165, 1.54) is 37.4 Å². The van der Waals surface area contributed by atoms with E-state index in [2.05, 4.69) is 35.5 Å². The first-order chi connectivity index (χ1) is 9.97. The van der Waals surface area contributed by atoms with Gasteiger partial charge in [0.05, 0.1) is 5.75 Å². The minimum Gasteiger partial charge on any atom is -0.481 e. The number of aromatic nitrogens is 3. The molecule has 0 atom stereocenters. The van der Waals surface area contributed by atoms with Crippen LogP contribution in [0.5, 0.6) is 0 Å². The predicted molar refractivity (Wildman–Crippen MR) is 83.6 cm³/mol. The van der Waals surface area contributed by atoms with Gasteiger partial charge >= 0.3 is 5.97 Å². The molecule has 0 radical (unpaired) electrons. The van der Waals surface area contributed by atoms with Crippen LogP contribution in [0.2, 0.25) is 0 Å². The Labute approximate surface area is 130 Å². The van der Waals surface area contributed by atoms with E-state index in [0.717, 1.165) is 23.4 Å². The molecule has 0 aromatic carbocycles. The lowest BCUT2D eigenvalue weighted by Gasteiger charge is -2.26. The van der Waals surface area contributed by atoms with Crippen molar-refractivity contribution < 1.29 is 9.90 Å². The summed E-state index contributed by atoms with van der Waals surface area (Å²) in [7, 11) is 0. The highest BCUT2D eigenvalue weighted by Crippen LogP contribution is 2.36. The molecule has 5 nitrogen and oxygen atoms in total. The third-order valence-electron chi connectivity index (χ3n) is 4.00. The number of carboxylic acids is 1. The number of hydrogen-bond acceptors (Lipinski definition) is 4. The zero-order valence-corrected chi connectivity index (χ0v) is 13.9. The van der Waals surface area contributed by atoms with E-state index in [-0.39, 0.29) is 5.75 Å². The van der Waals surface area contributed by atoms with Crippen molar-refractivity contribution in [2.24, 2.45) is 11.8 Å². The molecule has 1 aromatic rings. The minimum absolute atomic E-state index is 0.0396. The quantitative estimate of drug-likeness (QED) is 0.815. The minimum atomic E-state index is -0.813. The maximum atomic E-state index is 10.8. The Morgan fingerprint density at radius 1 is 1.33 bits per heavy atom. The third kappa shape index (κ3) is 4.46. The van der Waals surface area contributed by atoms with Gasteiger partial charge in [0.25, 0.3) is 0 Å². The van der Waals surface area contributed by atoms with Gasteiger partial charge in [-0.3, -0.25) is 4.79 Å². The molecule has 1 aliphatic carbocycles. The van der Waals surface area contributed by atoms with Gasteiger partial charge in [0.15, 0.2) is 5.16 Å². The van der Waals surface area contributed by atoms with Crippen LogP contribution in [0.3, 0.4) is 0 Å². The van der Waals surface area contributed by atoms with Gasteiger partial charge in [-0.05, 0) is 24.7 Å². The molecule has 0 bridgehead atoms. The highest BCUT2D eigenvalue weighted by molar-refractivity contribution is 7.99. The first kappa shape index (κ1) is 16.3. The standard InChI is InChI=1S/C15H25N3O2S/c1-10(2)8-18-14(12-6-4-11(3)5-7-12)16-17-15(18)21-9-13(19)20/h10-12H,4-9H2,1-3H3,(H,19,20). The van der Waals surface area contributed by atoms with Crippen LogP contribution >= 0.6 is 11.8 Å². The summed E-state index contributed by atoms with van der Waals surface area (Å²) < 4.78 is 2.15. The second-order valence-electron chi connectivity index (χ2n) is 6.48. The van der Waals surface area contributed by atoms with Crippen molar-refractivity contribution in [2.75, 3.05) is 5.75 Å². The van der Waals surface area contributed by atoms with Crippen LogP contribution in [0.25, 0.3) is 0 Å². The molecule has 1 N–H and O–H groups in total. The van der Waals surface area contributed by atoms with E-state index in [9.17, 15) is 4.79 Å². The Balaban J connectivity index is 2.17. The van der Waals surface area contributed by atoms with E-state index in [4.69, 9.17) is 5.11 Å². The summed E-state index contributed by atoms with van der Waals surface area (Å²) in [4.78, 5) is 10.8. The number of nitrogens with zero attached hydrogens (tertiary/aromatic N) is 3. The molecule has 0 unspecified atom stereocenters. The average molecular weight is 311 g/mol. The van der Waals surface area contributed by atoms with E-state index < -0.39 is 5.97 Å². The van der Waals surface area contributed by atoms with Gasteiger partial charge in [-0.15, -0.1) is 10.2 Å². The third-order valence-corrected chi connectivity index (χ3v) is 4.95. The molecule has 6 heteroatoms. The molecule has 0 amide bonds. The van der Waals surface area contributed by atoms with E-state index >= 15 is 0 Å². The van der Waals surface area contributed by atoms with Crippen LogP contribution in [0.4, 0.5) is 0 Å². The molecule has 1 aromatic heterocycles. The number of hydrogen-bond donors (Lipinski definition) is 1. The Hall–Kier alpha value is -1.04. The lowest BCUT2D eigenvalue weighted by molar-refractivity contribution is -0.133. The first-order valence-corrected chi connectivity index (χ1v) is 8.73. The van der Waals surface area contributed by atoms with Crippen molar-refractivity contribution in [3.8, 4) is 0 Å². The van der Waals surface area contributed by atoms with Crippen LogP contribution in [0, 0.1) is 11.8 Å². The van der Waals surface area contributed by atoms with Crippen molar-refractivity contribution >= 4 is 17.7 Å². The SMILES string of the molecule is CC(C)Cn1c(SCC(=O)O)nnc1C1CCC(C)CC1. The number of rotatable bonds is 6. The van der Waals surface area contributed by atoms with Crippen molar-refractivity contribution in [1.29, 1.82) is 0 Å². The van der Waals surface area contributed by atoms with Gasteiger partial charge in [0, 0.05) is 12.5 Å². The van der Waals surface area contributed by atoms with Crippen LogP contribution in [-0.2, 0) is 11.3 Å². The Kier molecular flexibility index (Phi) is 5.67. The van der Waals surface area contributed by atoms with Crippen LogP contribution in [0.1, 0.15) is 58.2 Å². The van der Waals surface area contributed by atoms with Crippen molar-refractivity contribution in [3.05, 3.63) is 5.82 Å². The molecule has 1 heterocycles. The van der Waals surface area contributed by atoms with Crippen LogP contribution in [-0.4, -0.2) is 31.6 Å². The second kappa shape index (κ2) is 7.29. The zero-order valence-electron chi connectivity index (χ0n) is 13.1. The number of aliphatic carboxylic acids is 1. The molecule has 1 fully saturated rings. The van der Waals surface area contributed by atoms with Gasteiger partial charge < -0.3 is 9.67 Å². The molecule has 0 aliphatic heterocycles. The van der Waals surface area contributed by atoms with Gasteiger partial charge in [0.1, 0.15) is 5.82 Å². The normalized spacial score (nSPS) is 22.7. The molecular weight excluding hydrogens is 286 g/mol. The molecular formula is C15H25N3O2S. The van der Waals surface area contributed by atoms with Crippen molar-refractivity contribution in [3.63, 3.8) is 0 Å². The van der Waals surface area contributed by atoms with Crippen LogP contribution < -0.4 is 0 Å². The fourth-order valence-electron chi connectivity index (χ4n) is 2.89. The molecule has 2 rings (SSSR count). The summed E-state index contributed by atoms with van der Waals surface area (Å²) in [5.41, 5.74) is 0. The second-order valence-corrected chi connectivity index (χ2v) is 7.43. The highest BCUT2D eigenvalue weighted by atomic mass is 32.2. The predicted octanol–water partition coefficient (Wildman–Crippen LogP) is 3.40. The topological polar surface area (TPSA) is 68.0 Å². The molecule has 0 saturated heterocycles. The maximum Gasteiger partial charge on any atom is 0.313 e. The largest absolute Gasteiger partial charge is 0.481 e. The molecule has 118 valence electrons. The molecule has 1 aliphatic rings. The lowest BCUT2D eigenvalue weighted by Crippen LogP contribution is -2.18. The van der Waals surface area contributed by atoms with Crippen molar-refractivity contribution in [2.45, 2.75) is 64.1 Å². The van der Waals surface area contributed by atoms with Gasteiger partial charge in [-0.25, -0.2) is 0 Å². The average Bonchev–Trinajstić information content (AvgIpc) is 2.79. The summed E-state index contributed by atoms with van der Waals surface area (Å²) in [5, 5.41) is 18.2. The number of carbonyl (C=O) groups is 1. The molecule has 1 saturated carbocycles. The maximum absolute atomic E-state index is 10.8. The van der Waals surface area contributed by atoms with E-state index in [1.54, 1.807) is 0 Å². The Morgan fingerprint density at radius 3 is 2.57 bits per heavy atom. The first-order valence-electron chi connectivity index (χ1n) is 7.75. The van der Waals surface area contributed by atoms with Crippen LogP contribution in [0.15, 0.2) is 5.16 Å². The zero-order chi connectivity index (χ0) is 15.4. The Morgan fingerprint density at radius 2 is 2.00 bits per heavy atom. The monoisotopic (exact) mass is 311 g/mol. The lowest BCUT2D eigenvalue weighted by atomic mass is 9.82. The number of thioether (sulfide) groups is 1. The summed E-state index contributed by atoms with van der Waals surface area (Å²) in [6.45, 7) is 7.50. The van der Waals surface area contributed by atoms with Gasteiger partial charge in [-0.2, -0.15) is 0 Å². The molecule has 0 spiro atoms. The summed E-state index contributed by atoms with van der Waals surface area (Å²) in [6, 6.07) is 0. The summed E-state index contributed by atoms with van der Waals surface area (Å²) >= 11 is 1.27. The summed E-state index contributed by atoms with van der Waals surface area (Å²) in [6.07, 6.45) is 4.83. The van der Waals surface area contributed by atoms with E-state index in [1.807, 2.05) is 0 Å². The van der Waals surface area contributed by atoms with Gasteiger partial charge in [0.2, 0.25) is 0 Å². The fourth-order valence-corrected chi connectivity index (χ4v) is 3.57. The number of carboxylic acid groups (broad SMARTS) is 1. The smallest absolute Gasteiger partial charge is 0.313 e.